The van der Waals surface area contributed by atoms with Crippen molar-refractivity contribution >= 4 is 13.8 Å². The van der Waals surface area contributed by atoms with Crippen LogP contribution >= 0.6 is 7.82 Å². The van der Waals surface area contributed by atoms with E-state index in [1.807, 2.05) is 0 Å². The second-order valence-corrected chi connectivity index (χ2v) is 3.80. The highest BCUT2D eigenvalue weighted by Gasteiger charge is 2.24. The number of rotatable bonds is 5. The Balaban J connectivity index is 4.42. The van der Waals surface area contributed by atoms with E-state index in [1.54, 1.807) is 0 Å². The number of hydrogen-bond acceptors (Lipinski definition) is 5. The van der Waals surface area contributed by atoms with Gasteiger partial charge in [-0.2, -0.15) is 0 Å². The number of hydrogen-bond donors (Lipinski definition) is 1. The van der Waals surface area contributed by atoms with Crippen molar-refractivity contribution in [1.29, 1.82) is 0 Å². The van der Waals surface area contributed by atoms with E-state index in [4.69, 9.17) is 5.11 Å². The zero-order chi connectivity index (χ0) is 10.5. The van der Waals surface area contributed by atoms with Crippen LogP contribution in [0.25, 0.3) is 0 Å². The molecule has 0 rings (SSSR count). The van der Waals surface area contributed by atoms with Gasteiger partial charge < -0.3 is 9.63 Å². The largest absolute Gasteiger partial charge is 0.529 e. The molecule has 6 nitrogen and oxygen atoms in total. The van der Waals surface area contributed by atoms with E-state index >= 15 is 0 Å². The molecular formula is C6H11O6P. The third kappa shape index (κ3) is 4.67. The van der Waals surface area contributed by atoms with Crippen LogP contribution < -0.4 is 0 Å². The molecule has 0 aromatic rings. The summed E-state index contributed by atoms with van der Waals surface area (Å²) in [5, 5.41) is 8.30. The Hall–Kier alpha value is -0.840. The van der Waals surface area contributed by atoms with Crippen molar-refractivity contribution < 1.29 is 28.0 Å². The summed E-state index contributed by atoms with van der Waals surface area (Å²) >= 11 is 0. The maximum atomic E-state index is 11.2. The molecule has 0 heterocycles. The van der Waals surface area contributed by atoms with Crippen molar-refractivity contribution in [3.8, 4) is 0 Å². The third-order valence-corrected chi connectivity index (χ3v) is 2.44. The van der Waals surface area contributed by atoms with Gasteiger partial charge in [-0.15, -0.1) is 0 Å². The quantitative estimate of drug-likeness (QED) is 0.419. The number of carbonyl (C=O) groups is 1. The third-order valence-electron chi connectivity index (χ3n) is 1.03. The van der Waals surface area contributed by atoms with Crippen LogP contribution in [0.15, 0.2) is 11.8 Å². The number of phosphoric acid groups is 1. The second kappa shape index (κ2) is 5.01. The van der Waals surface area contributed by atoms with E-state index in [0.29, 0.717) is 0 Å². The Kier molecular flexibility index (Phi) is 4.69. The minimum Gasteiger partial charge on any atom is -0.478 e. The van der Waals surface area contributed by atoms with Gasteiger partial charge >= 0.3 is 13.8 Å². The van der Waals surface area contributed by atoms with E-state index in [-0.39, 0.29) is 5.76 Å². The maximum absolute atomic E-state index is 11.2. The maximum Gasteiger partial charge on any atom is 0.529 e. The fourth-order valence-electron chi connectivity index (χ4n) is 0.526. The Morgan fingerprint density at radius 3 is 2.15 bits per heavy atom. The van der Waals surface area contributed by atoms with E-state index in [2.05, 4.69) is 13.6 Å². The molecule has 0 aliphatic carbocycles. The van der Waals surface area contributed by atoms with Gasteiger partial charge in [0.25, 0.3) is 0 Å². The normalized spacial score (nSPS) is 12.7. The van der Waals surface area contributed by atoms with Crippen LogP contribution in [0, 0.1) is 0 Å². The molecule has 0 radical (unpaired) electrons. The molecule has 0 unspecified atom stereocenters. The van der Waals surface area contributed by atoms with Gasteiger partial charge in [0.05, 0.1) is 6.08 Å². The first-order chi connectivity index (χ1) is 5.93. The molecule has 0 spiro atoms. The highest BCUT2D eigenvalue weighted by atomic mass is 31.2. The van der Waals surface area contributed by atoms with Crippen LogP contribution in [0.2, 0.25) is 0 Å². The van der Waals surface area contributed by atoms with Crippen molar-refractivity contribution in [3.63, 3.8) is 0 Å². The van der Waals surface area contributed by atoms with Gasteiger partial charge in [-0.3, -0.25) is 9.05 Å². The standard InChI is InChI=1S/C6H11O6P/c1-5(4-6(7)8)12-13(9,10-2)11-3/h4H,1-3H3,(H,7,8). The lowest BCUT2D eigenvalue weighted by atomic mass is 10.5. The molecule has 0 aliphatic heterocycles. The summed E-state index contributed by atoms with van der Waals surface area (Å²) in [6.45, 7) is 1.33. The molecule has 0 fully saturated rings. The monoisotopic (exact) mass is 210 g/mol. The number of aliphatic carboxylic acids is 1. The van der Waals surface area contributed by atoms with Crippen LogP contribution in [0.4, 0.5) is 0 Å². The van der Waals surface area contributed by atoms with Crippen LogP contribution in [0.3, 0.4) is 0 Å². The van der Waals surface area contributed by atoms with Crippen molar-refractivity contribution in [2.45, 2.75) is 6.92 Å². The Bertz CT molecular complexity index is 250. The summed E-state index contributed by atoms with van der Waals surface area (Å²) in [4.78, 5) is 10.1. The molecule has 0 saturated heterocycles. The van der Waals surface area contributed by atoms with Crippen molar-refractivity contribution in [3.05, 3.63) is 11.8 Å². The fraction of sp³-hybridized carbons (Fsp3) is 0.500. The number of carboxylic acids is 1. The highest BCUT2D eigenvalue weighted by Crippen LogP contribution is 2.49. The van der Waals surface area contributed by atoms with Gasteiger partial charge in [0.2, 0.25) is 0 Å². The Morgan fingerprint density at radius 2 is 1.85 bits per heavy atom. The predicted octanol–water partition coefficient (Wildman–Crippen LogP) is 1.39. The first-order valence-corrected chi connectivity index (χ1v) is 4.72. The van der Waals surface area contributed by atoms with Crippen LogP contribution in [0.1, 0.15) is 6.92 Å². The lowest BCUT2D eigenvalue weighted by Gasteiger charge is -2.13. The molecule has 13 heavy (non-hydrogen) atoms. The SMILES string of the molecule is COP(=O)(OC)OC(C)=CC(=O)O. The molecule has 0 aromatic carbocycles. The summed E-state index contributed by atoms with van der Waals surface area (Å²) in [5.41, 5.74) is 0. The average Bonchev–Trinajstić information content (AvgIpc) is 2.02. The fourth-order valence-corrected chi connectivity index (χ4v) is 1.23. The molecule has 0 saturated carbocycles. The topological polar surface area (TPSA) is 82.1 Å². The Morgan fingerprint density at radius 1 is 1.38 bits per heavy atom. The molecule has 7 heteroatoms. The van der Waals surface area contributed by atoms with E-state index in [1.165, 1.54) is 6.92 Å². The minimum absolute atomic E-state index is 0.0560. The van der Waals surface area contributed by atoms with Crippen LogP contribution in [-0.4, -0.2) is 25.3 Å². The average molecular weight is 210 g/mol. The van der Waals surface area contributed by atoms with Gasteiger partial charge in [0, 0.05) is 14.2 Å². The van der Waals surface area contributed by atoms with Crippen LogP contribution in [-0.2, 0) is 22.9 Å². The first-order valence-electron chi connectivity index (χ1n) is 3.26. The number of allylic oxidation sites excluding steroid dienone is 1. The highest BCUT2D eigenvalue weighted by molar-refractivity contribution is 7.48. The van der Waals surface area contributed by atoms with Crippen LogP contribution in [0.5, 0.6) is 0 Å². The molecule has 0 bridgehead atoms. The molecule has 76 valence electrons. The molecule has 0 aromatic heterocycles. The molecule has 0 aliphatic rings. The zero-order valence-electron chi connectivity index (χ0n) is 7.51. The van der Waals surface area contributed by atoms with Gasteiger partial charge in [0.1, 0.15) is 5.76 Å². The molecule has 1 N–H and O–H groups in total. The summed E-state index contributed by atoms with van der Waals surface area (Å²) in [5.74, 6) is -1.25. The minimum atomic E-state index is -3.63. The smallest absolute Gasteiger partial charge is 0.478 e. The first kappa shape index (κ1) is 12.2. The summed E-state index contributed by atoms with van der Waals surface area (Å²) < 4.78 is 24.7. The molecule has 0 amide bonds. The summed E-state index contributed by atoms with van der Waals surface area (Å²) in [7, 11) is -1.35. The van der Waals surface area contributed by atoms with Gasteiger partial charge in [0.15, 0.2) is 0 Å². The number of carboxylic acid groups (broad SMARTS) is 1. The second-order valence-electron chi connectivity index (χ2n) is 2.00. The lowest BCUT2D eigenvalue weighted by Crippen LogP contribution is -1.96. The predicted molar refractivity (Wildman–Crippen MR) is 44.1 cm³/mol. The summed E-state index contributed by atoms with van der Waals surface area (Å²) in [6.07, 6.45) is 0.755. The van der Waals surface area contributed by atoms with Crippen molar-refractivity contribution in [2.75, 3.05) is 14.2 Å². The van der Waals surface area contributed by atoms with Crippen molar-refractivity contribution in [2.24, 2.45) is 0 Å². The Labute approximate surface area is 75.7 Å². The van der Waals surface area contributed by atoms with Gasteiger partial charge in [-0.25, -0.2) is 9.36 Å². The molecule has 0 atom stereocenters. The lowest BCUT2D eigenvalue weighted by molar-refractivity contribution is -0.131. The van der Waals surface area contributed by atoms with Gasteiger partial charge in [-0.05, 0) is 6.92 Å². The van der Waals surface area contributed by atoms with Gasteiger partial charge in [-0.1, -0.05) is 0 Å². The van der Waals surface area contributed by atoms with E-state index in [0.717, 1.165) is 20.3 Å². The summed E-state index contributed by atoms with van der Waals surface area (Å²) in [6, 6.07) is 0. The van der Waals surface area contributed by atoms with E-state index in [9.17, 15) is 9.36 Å². The zero-order valence-corrected chi connectivity index (χ0v) is 8.41. The molecular weight excluding hydrogens is 199 g/mol. The van der Waals surface area contributed by atoms with E-state index < -0.39 is 13.8 Å². The van der Waals surface area contributed by atoms with Crippen molar-refractivity contribution in [1.82, 2.24) is 0 Å². The number of phosphoric ester groups is 1.